The summed E-state index contributed by atoms with van der Waals surface area (Å²) in [5, 5.41) is 0. The zero-order chi connectivity index (χ0) is 25.3. The summed E-state index contributed by atoms with van der Waals surface area (Å²) in [5.41, 5.74) is 4.64. The molecule has 0 spiro atoms. The molecule has 0 aromatic heterocycles. The van der Waals surface area contributed by atoms with Gasteiger partial charge in [-0.1, -0.05) is 54.0 Å². The molecule has 0 bridgehead atoms. The van der Waals surface area contributed by atoms with Crippen LogP contribution in [0.4, 0.5) is 0 Å². The van der Waals surface area contributed by atoms with Crippen molar-refractivity contribution in [3.05, 3.63) is 47.1 Å². The molecule has 0 aliphatic rings. The highest BCUT2D eigenvalue weighted by atomic mass is 15.3. The zero-order valence-electron chi connectivity index (χ0n) is 24.3. The van der Waals surface area contributed by atoms with Crippen LogP contribution in [-0.2, 0) is 0 Å². The second-order valence-electron chi connectivity index (χ2n) is 12.5. The minimum absolute atomic E-state index is 0.704. The predicted molar refractivity (Wildman–Crippen MR) is 152 cm³/mol. The number of allylic oxidation sites excluding steroid dienone is 8. The number of quaternary nitrogens is 2. The van der Waals surface area contributed by atoms with Crippen LogP contribution in [0, 0.1) is 5.92 Å². The summed E-state index contributed by atoms with van der Waals surface area (Å²) in [6.07, 6.45) is 24.4. The number of hydrogen-bond acceptors (Lipinski definition) is 0. The van der Waals surface area contributed by atoms with Crippen molar-refractivity contribution < 1.29 is 8.97 Å². The summed E-state index contributed by atoms with van der Waals surface area (Å²) >= 11 is 0. The average molecular weight is 461 g/mol. The minimum atomic E-state index is 0.704. The van der Waals surface area contributed by atoms with Gasteiger partial charge in [0, 0.05) is 6.42 Å². The fraction of sp³-hybridized carbons (Fsp3) is 0.742. The number of rotatable bonds is 18. The lowest BCUT2D eigenvalue weighted by Gasteiger charge is -2.24. The van der Waals surface area contributed by atoms with Crippen LogP contribution in [0.5, 0.6) is 0 Å². The molecular formula is C31H60N2+2. The standard InChI is InChI=1S/C31H60N2/c1-28(19-12-14-21-30(3)24-16-26-32(5,6)7)18-11-13-20-29(2)22-15-23-31(4)25-17-27-33(8,9)10/h14,18,20-21,23,30H,11-13,15-17,19,22,24-27H2,1-10H3/q+2/b21-14+,28-18-,29-20+,31-23-. The Morgan fingerprint density at radius 2 is 1.06 bits per heavy atom. The highest BCUT2D eigenvalue weighted by molar-refractivity contribution is 5.05. The molecule has 0 saturated heterocycles. The Balaban J connectivity index is 3.99. The molecule has 0 rings (SSSR count). The van der Waals surface area contributed by atoms with Crippen molar-refractivity contribution in [3.8, 4) is 0 Å². The Bertz CT molecular complexity index is 620. The van der Waals surface area contributed by atoms with Crippen LogP contribution in [0.25, 0.3) is 0 Å². The molecule has 0 amide bonds. The van der Waals surface area contributed by atoms with Gasteiger partial charge in [-0.2, -0.15) is 0 Å². The molecule has 0 saturated carbocycles. The van der Waals surface area contributed by atoms with Crippen LogP contribution in [0.15, 0.2) is 47.1 Å². The van der Waals surface area contributed by atoms with Gasteiger partial charge in [-0.15, -0.1) is 0 Å². The Hall–Kier alpha value is -1.12. The molecule has 0 N–H and O–H groups in total. The molecule has 0 aromatic carbocycles. The van der Waals surface area contributed by atoms with E-state index in [1.54, 1.807) is 11.1 Å². The van der Waals surface area contributed by atoms with E-state index in [-0.39, 0.29) is 0 Å². The number of nitrogens with zero attached hydrogens (tertiary/aromatic N) is 2. The summed E-state index contributed by atoms with van der Waals surface area (Å²) in [5.74, 6) is 0.704. The van der Waals surface area contributed by atoms with Crippen molar-refractivity contribution >= 4 is 0 Å². The van der Waals surface area contributed by atoms with Crippen molar-refractivity contribution in [1.29, 1.82) is 0 Å². The molecule has 0 aliphatic heterocycles. The molecule has 2 heteroatoms. The lowest BCUT2D eigenvalue weighted by Crippen LogP contribution is -2.35. The fourth-order valence-electron chi connectivity index (χ4n) is 3.97. The Kier molecular flexibility index (Phi) is 16.7. The topological polar surface area (TPSA) is 0 Å². The van der Waals surface area contributed by atoms with E-state index < -0.39 is 0 Å². The summed E-state index contributed by atoms with van der Waals surface area (Å²) in [4.78, 5) is 0. The number of unbranched alkanes of at least 4 members (excludes halogenated alkanes) is 1. The quantitative estimate of drug-likeness (QED) is 0.109. The van der Waals surface area contributed by atoms with E-state index in [0.29, 0.717) is 5.92 Å². The van der Waals surface area contributed by atoms with Gasteiger partial charge in [0.2, 0.25) is 0 Å². The van der Waals surface area contributed by atoms with E-state index in [9.17, 15) is 0 Å². The first-order valence-corrected chi connectivity index (χ1v) is 13.5. The lowest BCUT2D eigenvalue weighted by atomic mass is 10.0. The Morgan fingerprint density at radius 3 is 1.61 bits per heavy atom. The van der Waals surface area contributed by atoms with Gasteiger partial charge in [-0.3, -0.25) is 0 Å². The molecule has 2 nitrogen and oxygen atoms in total. The van der Waals surface area contributed by atoms with E-state index in [0.717, 1.165) is 8.97 Å². The minimum Gasteiger partial charge on any atom is -0.331 e. The van der Waals surface area contributed by atoms with E-state index in [1.165, 1.54) is 82.9 Å². The van der Waals surface area contributed by atoms with Crippen LogP contribution in [0.2, 0.25) is 0 Å². The van der Waals surface area contributed by atoms with Gasteiger partial charge in [-0.25, -0.2) is 0 Å². The second kappa shape index (κ2) is 17.3. The summed E-state index contributed by atoms with van der Waals surface area (Å²) in [6, 6.07) is 0. The highest BCUT2D eigenvalue weighted by Crippen LogP contribution is 2.14. The van der Waals surface area contributed by atoms with Gasteiger partial charge in [0.05, 0.1) is 55.4 Å². The van der Waals surface area contributed by atoms with Crippen molar-refractivity contribution in [3.63, 3.8) is 0 Å². The maximum absolute atomic E-state index is 2.45. The molecular weight excluding hydrogens is 400 g/mol. The van der Waals surface area contributed by atoms with E-state index in [1.807, 2.05) is 0 Å². The van der Waals surface area contributed by atoms with Crippen LogP contribution < -0.4 is 0 Å². The first-order chi connectivity index (χ1) is 15.3. The first-order valence-electron chi connectivity index (χ1n) is 13.5. The van der Waals surface area contributed by atoms with E-state index in [4.69, 9.17) is 0 Å². The molecule has 0 fully saturated rings. The second-order valence-corrected chi connectivity index (χ2v) is 12.5. The first kappa shape index (κ1) is 31.9. The highest BCUT2D eigenvalue weighted by Gasteiger charge is 2.07. The normalized spacial score (nSPS) is 15.5. The Labute approximate surface area is 209 Å². The molecule has 1 atom stereocenters. The molecule has 0 radical (unpaired) electrons. The largest absolute Gasteiger partial charge is 0.331 e. The van der Waals surface area contributed by atoms with Crippen LogP contribution in [0.1, 0.15) is 91.9 Å². The Morgan fingerprint density at radius 1 is 0.606 bits per heavy atom. The molecule has 33 heavy (non-hydrogen) atoms. The molecule has 1 unspecified atom stereocenters. The molecule has 0 heterocycles. The monoisotopic (exact) mass is 460 g/mol. The van der Waals surface area contributed by atoms with Crippen LogP contribution in [0.3, 0.4) is 0 Å². The van der Waals surface area contributed by atoms with Crippen molar-refractivity contribution in [2.24, 2.45) is 5.92 Å². The SMILES string of the molecule is C/C(=C/CC/C=C(\C)CC/C=C(/C)CCC[N+](C)(C)C)CC/C=C/C(C)CCC[N+](C)(C)C. The average Bonchev–Trinajstić information content (AvgIpc) is 2.66. The lowest BCUT2D eigenvalue weighted by molar-refractivity contribution is -0.870. The van der Waals surface area contributed by atoms with Gasteiger partial charge >= 0.3 is 0 Å². The van der Waals surface area contributed by atoms with Crippen LogP contribution in [-0.4, -0.2) is 64.3 Å². The van der Waals surface area contributed by atoms with E-state index >= 15 is 0 Å². The van der Waals surface area contributed by atoms with Crippen LogP contribution >= 0.6 is 0 Å². The maximum atomic E-state index is 2.45. The van der Waals surface area contributed by atoms with Crippen molar-refractivity contribution in [2.45, 2.75) is 91.9 Å². The van der Waals surface area contributed by atoms with Gasteiger partial charge in [0.1, 0.15) is 0 Å². The molecule has 192 valence electrons. The summed E-state index contributed by atoms with van der Waals surface area (Å²) in [6.45, 7) is 11.8. The summed E-state index contributed by atoms with van der Waals surface area (Å²) in [7, 11) is 13.7. The van der Waals surface area contributed by atoms with Crippen molar-refractivity contribution in [2.75, 3.05) is 55.4 Å². The van der Waals surface area contributed by atoms with Gasteiger partial charge in [0.25, 0.3) is 0 Å². The summed E-state index contributed by atoms with van der Waals surface area (Å²) < 4.78 is 2.14. The molecule has 0 aliphatic carbocycles. The fourth-order valence-corrected chi connectivity index (χ4v) is 3.97. The van der Waals surface area contributed by atoms with E-state index in [2.05, 4.69) is 100 Å². The smallest absolute Gasteiger partial charge is 0.0783 e. The zero-order valence-corrected chi connectivity index (χ0v) is 24.3. The third kappa shape index (κ3) is 23.8. The maximum Gasteiger partial charge on any atom is 0.0783 e. The van der Waals surface area contributed by atoms with Gasteiger partial charge in [-0.05, 0) is 84.5 Å². The van der Waals surface area contributed by atoms with Crippen molar-refractivity contribution in [1.82, 2.24) is 0 Å². The van der Waals surface area contributed by atoms with Gasteiger partial charge in [0.15, 0.2) is 0 Å². The third-order valence-corrected chi connectivity index (χ3v) is 6.24. The number of hydrogen-bond donors (Lipinski definition) is 0. The third-order valence-electron chi connectivity index (χ3n) is 6.24. The van der Waals surface area contributed by atoms with Gasteiger partial charge < -0.3 is 8.97 Å². The molecule has 0 aromatic rings. The predicted octanol–water partition coefficient (Wildman–Crippen LogP) is 8.33.